The molecular weight excluding hydrogens is 975 g/mol. The average molecular weight is 1050 g/mol. The largest absolute Gasteiger partial charge is 0.310 e. The molecule has 2 aliphatic rings. The highest BCUT2D eigenvalue weighted by atomic mass is 15.1. The molecule has 0 fully saturated rings. The van der Waals surface area contributed by atoms with Crippen LogP contribution in [0.25, 0.3) is 88.0 Å². The molecule has 1 heteroatoms. The zero-order valence-electron chi connectivity index (χ0n) is 48.6. The summed E-state index contributed by atoms with van der Waals surface area (Å²) in [7, 11) is 0. The maximum absolute atomic E-state index is 2.63. The molecule has 0 saturated carbocycles. The lowest BCUT2D eigenvalue weighted by Crippen LogP contribution is -2.26. The number of benzene rings is 11. The SMILES string of the molecule is CCCCC1(CCCC)c2cc(C)ccc2-c2ccc(N(c3ccc4c(c3)C(CCCC)(CCCC)c3cc(C)ccc3-4)c3ccc4cc(-c5c6ccccc6c(-c6ccccc6-c6ccccc6)c6ccccc56)ccc4c3)cc21. The number of rotatable bonds is 18. The summed E-state index contributed by atoms with van der Waals surface area (Å²) in [6.07, 6.45) is 14.2. The second kappa shape index (κ2) is 21.8. The van der Waals surface area contributed by atoms with Gasteiger partial charge in [-0.25, -0.2) is 0 Å². The molecule has 0 aliphatic heterocycles. The van der Waals surface area contributed by atoms with Gasteiger partial charge in [-0.3, -0.25) is 0 Å². The van der Waals surface area contributed by atoms with Crippen molar-refractivity contribution in [2.24, 2.45) is 0 Å². The molecule has 402 valence electrons. The molecule has 0 amide bonds. The van der Waals surface area contributed by atoms with E-state index in [2.05, 4.69) is 259 Å². The highest BCUT2D eigenvalue weighted by molar-refractivity contribution is 6.22. The summed E-state index contributed by atoms with van der Waals surface area (Å²) in [5.74, 6) is 0. The number of hydrogen-bond donors (Lipinski definition) is 0. The molecule has 2 aliphatic carbocycles. The first kappa shape index (κ1) is 52.4. The van der Waals surface area contributed by atoms with E-state index in [0.717, 1.165) is 25.7 Å². The first-order chi connectivity index (χ1) is 39.8. The highest BCUT2D eigenvalue weighted by Gasteiger charge is 2.44. The smallest absolute Gasteiger partial charge is 0.0468 e. The van der Waals surface area contributed by atoms with Crippen molar-refractivity contribution in [3.8, 4) is 55.6 Å². The monoisotopic (exact) mass is 1050 g/mol. The molecule has 0 bridgehead atoms. The van der Waals surface area contributed by atoms with Gasteiger partial charge < -0.3 is 4.90 Å². The van der Waals surface area contributed by atoms with Crippen LogP contribution < -0.4 is 4.90 Å². The molecular formula is C80H77N. The third kappa shape index (κ3) is 8.91. The van der Waals surface area contributed by atoms with Crippen LogP contribution in [0.4, 0.5) is 17.1 Å². The number of aryl methyl sites for hydroxylation is 2. The molecule has 13 rings (SSSR count). The Morgan fingerprint density at radius 1 is 0.296 bits per heavy atom. The Labute approximate surface area is 482 Å². The van der Waals surface area contributed by atoms with E-state index in [0.29, 0.717) is 0 Å². The van der Waals surface area contributed by atoms with Crippen LogP contribution >= 0.6 is 0 Å². The van der Waals surface area contributed by atoms with E-state index in [1.165, 1.54) is 179 Å². The summed E-state index contributed by atoms with van der Waals surface area (Å²) in [5.41, 5.74) is 25.6. The minimum Gasteiger partial charge on any atom is -0.310 e. The number of fused-ring (bicyclic) bond motifs is 9. The van der Waals surface area contributed by atoms with Crippen LogP contribution in [-0.4, -0.2) is 0 Å². The zero-order chi connectivity index (χ0) is 55.2. The fraction of sp³-hybridized carbons (Fsp3) is 0.250. The molecule has 11 aromatic rings. The molecule has 0 atom stereocenters. The summed E-state index contributed by atoms with van der Waals surface area (Å²) in [6, 6.07) is 82.2. The third-order valence-electron chi connectivity index (χ3n) is 18.9. The van der Waals surface area contributed by atoms with Gasteiger partial charge in [-0.15, -0.1) is 0 Å². The van der Waals surface area contributed by atoms with E-state index in [1.807, 2.05) is 0 Å². The Kier molecular flexibility index (Phi) is 14.1. The summed E-state index contributed by atoms with van der Waals surface area (Å²) in [4.78, 5) is 2.62. The standard InChI is InChI=1S/C80H77N/c1-7-11-44-79(45-12-8-2)73-48-54(5)32-40-64(73)66-42-38-61(52-75(66)79)81(62-39-43-67-65-41-33-55(6)49-74(65)80(46-13-9-3,47-14-10-4)76(67)53-62)60-37-36-57-50-59(35-34-58(57)51-60)77-69-28-20-22-30-71(69)78(72-31-23-21-29-70(72)77)68-27-19-18-26-63(68)56-24-16-15-17-25-56/h15-43,48-53H,7-14,44-47H2,1-6H3. The van der Waals surface area contributed by atoms with Crippen molar-refractivity contribution in [3.63, 3.8) is 0 Å². The van der Waals surface area contributed by atoms with E-state index in [-0.39, 0.29) is 10.8 Å². The van der Waals surface area contributed by atoms with Gasteiger partial charge in [0.05, 0.1) is 0 Å². The van der Waals surface area contributed by atoms with Crippen molar-refractivity contribution in [3.05, 3.63) is 246 Å². The number of nitrogens with zero attached hydrogens (tertiary/aromatic N) is 1. The first-order valence-electron chi connectivity index (χ1n) is 30.7. The van der Waals surface area contributed by atoms with Gasteiger partial charge in [-0.1, -0.05) is 260 Å². The van der Waals surface area contributed by atoms with Crippen LogP contribution in [0.3, 0.4) is 0 Å². The lowest BCUT2D eigenvalue weighted by Gasteiger charge is -2.35. The van der Waals surface area contributed by atoms with Gasteiger partial charge in [0.15, 0.2) is 0 Å². The fourth-order valence-electron chi connectivity index (χ4n) is 15.0. The molecule has 81 heavy (non-hydrogen) atoms. The Hall–Kier alpha value is -8.00. The van der Waals surface area contributed by atoms with Crippen LogP contribution in [0.5, 0.6) is 0 Å². The second-order valence-corrected chi connectivity index (χ2v) is 24.0. The minimum absolute atomic E-state index is 0.0328. The van der Waals surface area contributed by atoms with Crippen LogP contribution in [0.2, 0.25) is 0 Å². The Morgan fingerprint density at radius 3 is 1.17 bits per heavy atom. The van der Waals surface area contributed by atoms with Crippen molar-refractivity contribution in [2.75, 3.05) is 4.90 Å². The number of unbranched alkanes of at least 4 members (excludes halogenated alkanes) is 4. The number of anilines is 3. The maximum atomic E-state index is 2.63. The van der Waals surface area contributed by atoms with Crippen LogP contribution in [0.1, 0.15) is 138 Å². The zero-order valence-corrected chi connectivity index (χ0v) is 48.6. The van der Waals surface area contributed by atoms with E-state index < -0.39 is 0 Å². The molecule has 0 saturated heterocycles. The van der Waals surface area contributed by atoms with Crippen LogP contribution in [0, 0.1) is 13.8 Å². The third-order valence-corrected chi connectivity index (χ3v) is 18.9. The van der Waals surface area contributed by atoms with Crippen LogP contribution in [0.15, 0.2) is 212 Å². The van der Waals surface area contributed by atoms with Gasteiger partial charge >= 0.3 is 0 Å². The van der Waals surface area contributed by atoms with Gasteiger partial charge in [-0.2, -0.15) is 0 Å². The molecule has 0 N–H and O–H groups in total. The maximum Gasteiger partial charge on any atom is 0.0468 e. The van der Waals surface area contributed by atoms with Crippen molar-refractivity contribution in [2.45, 2.75) is 129 Å². The topological polar surface area (TPSA) is 3.24 Å². The summed E-state index contributed by atoms with van der Waals surface area (Å²) in [6.45, 7) is 14.0. The van der Waals surface area contributed by atoms with E-state index in [1.54, 1.807) is 11.1 Å². The van der Waals surface area contributed by atoms with Crippen molar-refractivity contribution in [1.82, 2.24) is 0 Å². The van der Waals surface area contributed by atoms with E-state index in [9.17, 15) is 0 Å². The fourth-order valence-corrected chi connectivity index (χ4v) is 15.0. The predicted octanol–water partition coefficient (Wildman–Crippen LogP) is 23.5. The predicted molar refractivity (Wildman–Crippen MR) is 350 cm³/mol. The Balaban J connectivity index is 0.996. The normalized spacial score (nSPS) is 13.6. The van der Waals surface area contributed by atoms with Gasteiger partial charge in [0.2, 0.25) is 0 Å². The quantitative estimate of drug-likeness (QED) is 0.0774. The Morgan fingerprint density at radius 2 is 0.679 bits per heavy atom. The molecule has 0 aromatic heterocycles. The van der Waals surface area contributed by atoms with Gasteiger partial charge in [-0.05, 0) is 192 Å². The lowest BCUT2D eigenvalue weighted by molar-refractivity contribution is 0.414. The summed E-state index contributed by atoms with van der Waals surface area (Å²) in [5, 5.41) is 7.53. The van der Waals surface area contributed by atoms with E-state index >= 15 is 0 Å². The van der Waals surface area contributed by atoms with Gasteiger partial charge in [0.1, 0.15) is 0 Å². The second-order valence-electron chi connectivity index (χ2n) is 24.0. The Bertz CT molecular complexity index is 3960. The molecule has 0 unspecified atom stereocenters. The molecule has 0 spiro atoms. The van der Waals surface area contributed by atoms with Gasteiger partial charge in [0, 0.05) is 27.9 Å². The van der Waals surface area contributed by atoms with E-state index in [4.69, 9.17) is 0 Å². The van der Waals surface area contributed by atoms with Crippen molar-refractivity contribution < 1.29 is 0 Å². The molecule has 0 radical (unpaired) electrons. The number of hydrogen-bond acceptors (Lipinski definition) is 1. The highest BCUT2D eigenvalue weighted by Crippen LogP contribution is 2.58. The first-order valence-corrected chi connectivity index (χ1v) is 30.7. The summed E-state index contributed by atoms with van der Waals surface area (Å²) < 4.78 is 0. The van der Waals surface area contributed by atoms with Gasteiger partial charge in [0.25, 0.3) is 0 Å². The van der Waals surface area contributed by atoms with Crippen molar-refractivity contribution >= 4 is 49.4 Å². The average Bonchev–Trinajstić information content (AvgIpc) is 3.89. The molecule has 1 nitrogen and oxygen atoms in total. The van der Waals surface area contributed by atoms with Crippen molar-refractivity contribution in [1.29, 1.82) is 0 Å². The molecule has 0 heterocycles. The molecule has 11 aromatic carbocycles. The minimum atomic E-state index is -0.0328. The lowest BCUT2D eigenvalue weighted by atomic mass is 9.70. The van der Waals surface area contributed by atoms with Crippen LogP contribution in [-0.2, 0) is 10.8 Å². The summed E-state index contributed by atoms with van der Waals surface area (Å²) >= 11 is 0.